The monoisotopic (exact) mass is 204 g/mol. The van der Waals surface area contributed by atoms with Crippen LogP contribution in [0.2, 0.25) is 0 Å². The number of benzene rings is 1. The van der Waals surface area contributed by atoms with E-state index >= 15 is 0 Å². The van der Waals surface area contributed by atoms with E-state index in [0.29, 0.717) is 13.2 Å². The highest BCUT2D eigenvalue weighted by molar-refractivity contribution is 5.94. The molecule has 0 radical (unpaired) electrons. The minimum Gasteiger partial charge on any atom is -0.370 e. The minimum absolute atomic E-state index is 0.000521. The van der Waals surface area contributed by atoms with Crippen LogP contribution in [-0.4, -0.2) is 32.4 Å². The van der Waals surface area contributed by atoms with Crippen molar-refractivity contribution in [2.24, 2.45) is 4.99 Å². The number of rotatable bonds is 2. The first-order chi connectivity index (χ1) is 7.31. The van der Waals surface area contributed by atoms with E-state index in [9.17, 15) is 4.79 Å². The van der Waals surface area contributed by atoms with Gasteiger partial charge in [0.2, 0.25) is 0 Å². The Morgan fingerprint density at radius 2 is 2.07 bits per heavy atom. The van der Waals surface area contributed by atoms with Crippen LogP contribution >= 0.6 is 0 Å². The molecule has 4 nitrogen and oxygen atoms in total. The quantitative estimate of drug-likeness (QED) is 0.683. The Bertz CT molecular complexity index is 373. The lowest BCUT2D eigenvalue weighted by molar-refractivity contribution is -0.125. The lowest BCUT2D eigenvalue weighted by Gasteiger charge is -2.26. The maximum atomic E-state index is 11.5. The number of nitrogens with zero attached hydrogens (tertiary/aromatic N) is 2. The van der Waals surface area contributed by atoms with Crippen molar-refractivity contribution in [3.05, 3.63) is 24.3 Å². The molecule has 0 bridgehead atoms. The largest absolute Gasteiger partial charge is 0.370 e. The maximum Gasteiger partial charge on any atom is 0.253 e. The molecule has 0 N–H and O–H groups in total. The predicted molar refractivity (Wildman–Crippen MR) is 58.8 cm³/mol. The Labute approximate surface area is 88.2 Å². The second kappa shape index (κ2) is 4.23. The Hall–Kier alpha value is -1.68. The van der Waals surface area contributed by atoms with Crippen LogP contribution in [0.3, 0.4) is 0 Å². The third kappa shape index (κ3) is 2.05. The van der Waals surface area contributed by atoms with Crippen molar-refractivity contribution in [1.29, 1.82) is 0 Å². The molecule has 0 aliphatic carbocycles. The number of carbonyl (C=O) groups excluding carboxylic acids is 1. The molecule has 0 saturated carbocycles. The summed E-state index contributed by atoms with van der Waals surface area (Å²) in [5.41, 5.74) is 1.69. The third-order valence-electron chi connectivity index (χ3n) is 2.33. The standard InChI is InChI=1S/C11H12N2O2/c1-12-9-2-4-10(5-3-9)13-6-7-15-8-11(13)14/h2-5H,1,6-8H2. The maximum absolute atomic E-state index is 11.5. The number of amides is 1. The first kappa shape index (κ1) is 9.86. The fourth-order valence-corrected chi connectivity index (χ4v) is 1.53. The van der Waals surface area contributed by atoms with Gasteiger partial charge in [0.15, 0.2) is 0 Å². The molecule has 1 aliphatic rings. The summed E-state index contributed by atoms with van der Waals surface area (Å²) in [6.45, 7) is 4.81. The van der Waals surface area contributed by atoms with Crippen molar-refractivity contribution < 1.29 is 9.53 Å². The lowest BCUT2D eigenvalue weighted by atomic mass is 10.2. The average molecular weight is 204 g/mol. The highest BCUT2D eigenvalue weighted by Gasteiger charge is 2.19. The topological polar surface area (TPSA) is 41.9 Å². The Morgan fingerprint density at radius 3 is 2.67 bits per heavy atom. The first-order valence-electron chi connectivity index (χ1n) is 4.76. The van der Waals surface area contributed by atoms with Crippen LogP contribution < -0.4 is 4.90 Å². The molecule has 1 heterocycles. The van der Waals surface area contributed by atoms with Gasteiger partial charge in [-0.2, -0.15) is 0 Å². The fourth-order valence-electron chi connectivity index (χ4n) is 1.53. The van der Waals surface area contributed by atoms with Gasteiger partial charge in [0.1, 0.15) is 6.61 Å². The average Bonchev–Trinajstić information content (AvgIpc) is 2.30. The molecule has 0 atom stereocenters. The van der Waals surface area contributed by atoms with Gasteiger partial charge in [-0.3, -0.25) is 9.79 Å². The van der Waals surface area contributed by atoms with E-state index in [4.69, 9.17) is 4.74 Å². The summed E-state index contributed by atoms with van der Waals surface area (Å²) in [7, 11) is 0. The van der Waals surface area contributed by atoms with Crippen molar-refractivity contribution in [2.45, 2.75) is 0 Å². The molecule has 15 heavy (non-hydrogen) atoms. The van der Waals surface area contributed by atoms with E-state index in [0.717, 1.165) is 11.4 Å². The second-order valence-corrected chi connectivity index (χ2v) is 3.27. The minimum atomic E-state index is 0.000521. The molecule has 0 aromatic heterocycles. The molecular formula is C11H12N2O2. The smallest absolute Gasteiger partial charge is 0.253 e. The van der Waals surface area contributed by atoms with Crippen molar-refractivity contribution >= 4 is 24.0 Å². The summed E-state index contributed by atoms with van der Waals surface area (Å²) in [4.78, 5) is 17.0. The Kier molecular flexibility index (Phi) is 2.78. The first-order valence-corrected chi connectivity index (χ1v) is 4.76. The summed E-state index contributed by atoms with van der Waals surface area (Å²) in [5, 5.41) is 0. The molecular weight excluding hydrogens is 192 g/mol. The number of ether oxygens (including phenoxy) is 1. The molecule has 1 fully saturated rings. The van der Waals surface area contributed by atoms with Gasteiger partial charge >= 0.3 is 0 Å². The van der Waals surface area contributed by atoms with Crippen molar-refractivity contribution in [1.82, 2.24) is 0 Å². The molecule has 1 aliphatic heterocycles. The van der Waals surface area contributed by atoms with Gasteiger partial charge in [0, 0.05) is 12.2 Å². The molecule has 0 unspecified atom stereocenters. The fraction of sp³-hybridized carbons (Fsp3) is 0.273. The predicted octanol–water partition coefficient (Wildman–Crippen LogP) is 1.38. The number of carbonyl (C=O) groups is 1. The zero-order chi connectivity index (χ0) is 10.7. The van der Waals surface area contributed by atoms with E-state index in [1.54, 1.807) is 4.90 Å². The van der Waals surface area contributed by atoms with Crippen LogP contribution in [0, 0.1) is 0 Å². The van der Waals surface area contributed by atoms with Gasteiger partial charge in [0.25, 0.3) is 5.91 Å². The highest BCUT2D eigenvalue weighted by atomic mass is 16.5. The van der Waals surface area contributed by atoms with Crippen molar-refractivity contribution in [3.8, 4) is 0 Å². The molecule has 4 heteroatoms. The van der Waals surface area contributed by atoms with E-state index in [1.165, 1.54) is 0 Å². The van der Waals surface area contributed by atoms with Gasteiger partial charge in [-0.25, -0.2) is 0 Å². The van der Waals surface area contributed by atoms with Crippen LogP contribution in [0.1, 0.15) is 0 Å². The molecule has 1 aromatic rings. The van der Waals surface area contributed by atoms with E-state index < -0.39 is 0 Å². The lowest BCUT2D eigenvalue weighted by Crippen LogP contribution is -2.41. The highest BCUT2D eigenvalue weighted by Crippen LogP contribution is 2.20. The molecule has 78 valence electrons. The SMILES string of the molecule is C=Nc1ccc(N2CCOCC2=O)cc1. The van der Waals surface area contributed by atoms with Crippen LogP contribution in [0.4, 0.5) is 11.4 Å². The Balaban J connectivity index is 2.20. The van der Waals surface area contributed by atoms with E-state index in [2.05, 4.69) is 11.7 Å². The van der Waals surface area contributed by atoms with Gasteiger partial charge in [-0.1, -0.05) is 0 Å². The summed E-state index contributed by atoms with van der Waals surface area (Å²) < 4.78 is 5.06. The number of morpholine rings is 1. The normalized spacial score (nSPS) is 16.5. The van der Waals surface area contributed by atoms with Crippen LogP contribution in [0.25, 0.3) is 0 Å². The summed E-state index contributed by atoms with van der Waals surface area (Å²) >= 11 is 0. The van der Waals surface area contributed by atoms with Gasteiger partial charge in [0.05, 0.1) is 12.3 Å². The number of hydrogen-bond acceptors (Lipinski definition) is 3. The van der Waals surface area contributed by atoms with E-state index in [1.807, 2.05) is 24.3 Å². The number of hydrogen-bond donors (Lipinski definition) is 0. The molecule has 2 rings (SSSR count). The van der Waals surface area contributed by atoms with Gasteiger partial charge in [-0.05, 0) is 31.0 Å². The number of anilines is 1. The summed E-state index contributed by atoms with van der Waals surface area (Å²) in [6.07, 6.45) is 0. The van der Waals surface area contributed by atoms with Crippen LogP contribution in [-0.2, 0) is 9.53 Å². The van der Waals surface area contributed by atoms with E-state index in [-0.39, 0.29) is 12.5 Å². The van der Waals surface area contributed by atoms with Crippen molar-refractivity contribution in [2.75, 3.05) is 24.7 Å². The zero-order valence-corrected chi connectivity index (χ0v) is 8.35. The third-order valence-corrected chi connectivity index (χ3v) is 2.33. The van der Waals surface area contributed by atoms with Gasteiger partial charge in [-0.15, -0.1) is 0 Å². The molecule has 1 aromatic carbocycles. The second-order valence-electron chi connectivity index (χ2n) is 3.27. The van der Waals surface area contributed by atoms with Crippen LogP contribution in [0.15, 0.2) is 29.3 Å². The number of aliphatic imine (C=N–C) groups is 1. The summed E-state index contributed by atoms with van der Waals surface area (Å²) in [5.74, 6) is 0.000521. The summed E-state index contributed by atoms with van der Waals surface area (Å²) in [6, 6.07) is 7.41. The zero-order valence-electron chi connectivity index (χ0n) is 8.35. The molecule has 1 saturated heterocycles. The van der Waals surface area contributed by atoms with Gasteiger partial charge < -0.3 is 9.64 Å². The molecule has 1 amide bonds. The van der Waals surface area contributed by atoms with Crippen LogP contribution in [0.5, 0.6) is 0 Å². The Morgan fingerprint density at radius 1 is 1.33 bits per heavy atom. The van der Waals surface area contributed by atoms with Crippen molar-refractivity contribution in [3.63, 3.8) is 0 Å². The molecule has 0 spiro atoms.